The Kier molecular flexibility index (Phi) is 7.71. The summed E-state index contributed by atoms with van der Waals surface area (Å²) in [5.41, 5.74) is -6.75. The number of sulfonamides is 1. The van der Waals surface area contributed by atoms with Gasteiger partial charge in [0.2, 0.25) is 10.0 Å². The minimum atomic E-state index is -6.10. The van der Waals surface area contributed by atoms with Gasteiger partial charge in [0.25, 0.3) is 5.60 Å². The molecular formula is C25H21F7N2O3S2. The Bertz CT molecular complexity index is 1430. The van der Waals surface area contributed by atoms with E-state index >= 15 is 0 Å². The predicted molar refractivity (Wildman–Crippen MR) is 135 cm³/mol. The lowest BCUT2D eigenvalue weighted by Gasteiger charge is -2.38. The normalized spacial score (nSPS) is 17.9. The first-order valence-corrected chi connectivity index (χ1v) is 13.3. The van der Waals surface area contributed by atoms with Crippen LogP contribution in [-0.2, 0) is 15.6 Å². The highest BCUT2D eigenvalue weighted by Gasteiger charge is 2.71. The van der Waals surface area contributed by atoms with Crippen LogP contribution in [-0.4, -0.2) is 61.2 Å². The lowest BCUT2D eigenvalue weighted by molar-refractivity contribution is -0.376. The minimum absolute atomic E-state index is 0.00293. The molecule has 2 aromatic carbocycles. The summed E-state index contributed by atoms with van der Waals surface area (Å²) in [4.78, 5) is 1.83. The number of alkyl halides is 6. The van der Waals surface area contributed by atoms with Crippen LogP contribution in [0.15, 0.2) is 65.6 Å². The summed E-state index contributed by atoms with van der Waals surface area (Å²) in [5, 5.41) is 9.92. The Morgan fingerprint density at radius 1 is 0.897 bits per heavy atom. The van der Waals surface area contributed by atoms with Gasteiger partial charge in [-0.15, -0.1) is 0 Å². The van der Waals surface area contributed by atoms with E-state index in [9.17, 15) is 44.3 Å². The van der Waals surface area contributed by atoms with E-state index in [1.807, 2.05) is 0 Å². The van der Waals surface area contributed by atoms with Crippen molar-refractivity contribution in [2.45, 2.75) is 24.4 Å². The van der Waals surface area contributed by atoms with E-state index in [1.165, 1.54) is 22.5 Å². The number of allylic oxidation sites excluding steroid dienone is 4. The molecule has 0 radical (unpaired) electrons. The average molecular weight is 595 g/mol. The van der Waals surface area contributed by atoms with Crippen LogP contribution in [0.5, 0.6) is 0 Å². The van der Waals surface area contributed by atoms with E-state index in [2.05, 4.69) is 0 Å². The van der Waals surface area contributed by atoms with Gasteiger partial charge >= 0.3 is 12.4 Å². The maximum absolute atomic E-state index is 14.0. The van der Waals surface area contributed by atoms with Gasteiger partial charge in [-0.25, -0.2) is 12.8 Å². The molecule has 0 atom stereocenters. The van der Waals surface area contributed by atoms with Crippen molar-refractivity contribution in [2.75, 3.05) is 31.1 Å². The second-order valence-corrected chi connectivity index (χ2v) is 11.3. The number of aliphatic hydroxyl groups is 1. The molecule has 0 bridgehead atoms. The first kappa shape index (κ1) is 29.2. The van der Waals surface area contributed by atoms with E-state index in [0.29, 0.717) is 18.6 Å². The van der Waals surface area contributed by atoms with Crippen molar-refractivity contribution in [3.05, 3.63) is 77.0 Å². The van der Waals surface area contributed by atoms with Gasteiger partial charge in [0, 0.05) is 54.3 Å². The smallest absolute Gasteiger partial charge is 0.369 e. The highest BCUT2D eigenvalue weighted by atomic mass is 32.2. The van der Waals surface area contributed by atoms with E-state index in [1.54, 1.807) is 17.1 Å². The van der Waals surface area contributed by atoms with Gasteiger partial charge in [0.15, 0.2) is 0 Å². The van der Waals surface area contributed by atoms with Crippen LogP contribution in [0.4, 0.5) is 36.4 Å². The quantitative estimate of drug-likeness (QED) is 0.368. The molecule has 5 nitrogen and oxygen atoms in total. The zero-order chi connectivity index (χ0) is 28.8. The summed E-state index contributed by atoms with van der Waals surface area (Å²) < 4.78 is 123. The van der Waals surface area contributed by atoms with Crippen molar-refractivity contribution >= 4 is 32.8 Å². The van der Waals surface area contributed by atoms with Crippen LogP contribution in [0.25, 0.3) is 11.1 Å². The minimum Gasteiger partial charge on any atom is -0.369 e. The fraction of sp³-hybridized carbons (Fsp3) is 0.320. The van der Waals surface area contributed by atoms with Crippen LogP contribution in [0.3, 0.4) is 0 Å². The molecule has 1 aliphatic carbocycles. The summed E-state index contributed by atoms with van der Waals surface area (Å²) in [5.74, 6) is -0.785. The van der Waals surface area contributed by atoms with Crippen molar-refractivity contribution in [2.24, 2.45) is 0 Å². The standard InChI is InChI=1S/C25H21F7N2O3S2/c26-18-5-3-4-16(14-18)19-15-17(23(35,24(27,28)29)25(30,31)32)8-9-20(19)33-10-12-34(13-11-33)39(36,37)22-7-2-1-6-21(22)38/h1-5,7-9,14-15,35H,6,10-13H2. The molecule has 1 heterocycles. The molecule has 210 valence electrons. The summed E-state index contributed by atoms with van der Waals surface area (Å²) in [6.45, 7) is -0.0457. The Morgan fingerprint density at radius 3 is 2.10 bits per heavy atom. The van der Waals surface area contributed by atoms with Crippen LogP contribution < -0.4 is 4.90 Å². The third kappa shape index (κ3) is 5.34. The molecule has 39 heavy (non-hydrogen) atoms. The zero-order valence-corrected chi connectivity index (χ0v) is 21.6. The second-order valence-electron chi connectivity index (χ2n) is 8.93. The SMILES string of the molecule is O=S(=O)(C1=CC=CCC1=S)N1CCN(c2ccc(C(O)(C(F)(F)F)C(F)(F)F)cc2-c2cccc(F)c2)CC1. The molecule has 0 spiro atoms. The Labute approximate surface area is 224 Å². The predicted octanol–water partition coefficient (Wildman–Crippen LogP) is 5.47. The lowest BCUT2D eigenvalue weighted by Crippen LogP contribution is -2.54. The highest BCUT2D eigenvalue weighted by molar-refractivity contribution is 7.96. The first-order valence-electron chi connectivity index (χ1n) is 11.5. The van der Waals surface area contributed by atoms with Crippen molar-refractivity contribution in [1.29, 1.82) is 0 Å². The monoisotopic (exact) mass is 594 g/mol. The van der Waals surface area contributed by atoms with Crippen LogP contribution in [0.2, 0.25) is 0 Å². The zero-order valence-electron chi connectivity index (χ0n) is 19.9. The van der Waals surface area contributed by atoms with Gasteiger partial charge in [-0.2, -0.15) is 30.6 Å². The Hall–Kier alpha value is -2.81. The summed E-state index contributed by atoms with van der Waals surface area (Å²) >= 11 is 5.17. The molecular weight excluding hydrogens is 573 g/mol. The Balaban J connectivity index is 1.73. The topological polar surface area (TPSA) is 60.9 Å². The fourth-order valence-corrected chi connectivity index (χ4v) is 6.50. The molecule has 1 N–H and O–H groups in total. The number of anilines is 1. The second kappa shape index (κ2) is 10.3. The van der Waals surface area contributed by atoms with Crippen molar-refractivity contribution in [3.8, 4) is 11.1 Å². The molecule has 2 aliphatic rings. The summed E-state index contributed by atoms with van der Waals surface area (Å²) in [6.07, 6.45) is -7.21. The van der Waals surface area contributed by atoms with Crippen LogP contribution in [0, 0.1) is 5.82 Å². The average Bonchev–Trinajstić information content (AvgIpc) is 2.87. The first-order chi connectivity index (χ1) is 18.1. The summed E-state index contributed by atoms with van der Waals surface area (Å²) in [7, 11) is -3.92. The highest BCUT2D eigenvalue weighted by Crippen LogP contribution is 2.51. The third-order valence-corrected chi connectivity index (χ3v) is 9.03. The van der Waals surface area contributed by atoms with Gasteiger partial charge in [-0.3, -0.25) is 0 Å². The number of thiocarbonyl (C=S) groups is 1. The molecule has 0 unspecified atom stereocenters. The lowest BCUT2D eigenvalue weighted by atomic mass is 9.88. The third-order valence-electron chi connectivity index (χ3n) is 6.53. The van der Waals surface area contributed by atoms with Gasteiger partial charge in [0.05, 0.1) is 4.91 Å². The molecule has 1 saturated heterocycles. The van der Waals surface area contributed by atoms with Crippen molar-refractivity contribution in [1.82, 2.24) is 4.31 Å². The number of nitrogens with zero attached hydrogens (tertiary/aromatic N) is 2. The van der Waals surface area contributed by atoms with Crippen LogP contribution in [0.1, 0.15) is 12.0 Å². The molecule has 2 aromatic rings. The molecule has 0 amide bonds. The van der Waals surface area contributed by atoms with Gasteiger partial charge in [-0.1, -0.05) is 42.6 Å². The van der Waals surface area contributed by atoms with E-state index in [4.69, 9.17) is 12.2 Å². The number of rotatable bonds is 5. The largest absolute Gasteiger partial charge is 0.430 e. The molecule has 1 fully saturated rings. The number of hydrogen-bond acceptors (Lipinski definition) is 5. The van der Waals surface area contributed by atoms with Gasteiger partial charge in [0.1, 0.15) is 5.82 Å². The van der Waals surface area contributed by atoms with Gasteiger partial charge < -0.3 is 10.0 Å². The van der Waals surface area contributed by atoms with Crippen molar-refractivity contribution < 1.29 is 44.3 Å². The maximum atomic E-state index is 14.0. The van der Waals surface area contributed by atoms with E-state index < -0.39 is 39.4 Å². The van der Waals surface area contributed by atoms with Crippen molar-refractivity contribution in [3.63, 3.8) is 0 Å². The molecule has 0 aromatic heterocycles. The van der Waals surface area contributed by atoms with Crippen LogP contribution >= 0.6 is 12.2 Å². The fourth-order valence-electron chi connectivity index (χ4n) is 4.47. The number of benzene rings is 2. The van der Waals surface area contributed by atoms with E-state index in [-0.39, 0.29) is 52.8 Å². The Morgan fingerprint density at radius 2 is 1.54 bits per heavy atom. The molecule has 14 heteroatoms. The maximum Gasteiger partial charge on any atom is 0.430 e. The molecule has 4 rings (SSSR count). The number of piperazine rings is 1. The summed E-state index contributed by atoms with van der Waals surface area (Å²) in [6, 6.07) is 6.56. The van der Waals surface area contributed by atoms with E-state index in [0.717, 1.165) is 18.2 Å². The molecule has 0 saturated carbocycles. The number of halogens is 7. The molecule has 1 aliphatic heterocycles. The number of hydrogen-bond donors (Lipinski definition) is 1. The van der Waals surface area contributed by atoms with Gasteiger partial charge in [-0.05, 0) is 35.9 Å².